The van der Waals surface area contributed by atoms with Crippen LogP contribution in [0.2, 0.25) is 0 Å². The number of nitrogens with zero attached hydrogens (tertiary/aromatic N) is 1. The predicted molar refractivity (Wildman–Crippen MR) is 77.9 cm³/mol. The first-order valence-corrected chi connectivity index (χ1v) is 7.56. The Bertz CT molecular complexity index is 384. The third kappa shape index (κ3) is 3.62. The third-order valence-corrected chi connectivity index (χ3v) is 3.87. The van der Waals surface area contributed by atoms with E-state index in [1.807, 2.05) is 11.9 Å². The molecule has 4 heteroatoms. The van der Waals surface area contributed by atoms with Crippen molar-refractivity contribution in [1.82, 2.24) is 0 Å². The number of aliphatic hydroxyl groups excluding tert-OH is 1. The number of hydrogen-bond acceptors (Lipinski definition) is 3. The van der Waals surface area contributed by atoms with Crippen LogP contribution in [0.4, 0.5) is 10.1 Å². The number of halogens is 1. The molecule has 1 rings (SSSR count). The summed E-state index contributed by atoms with van der Waals surface area (Å²) >= 11 is 1.79. The fourth-order valence-electron chi connectivity index (χ4n) is 1.94. The van der Waals surface area contributed by atoms with E-state index in [9.17, 15) is 9.50 Å². The van der Waals surface area contributed by atoms with Gasteiger partial charge in [0.2, 0.25) is 0 Å². The zero-order valence-electron chi connectivity index (χ0n) is 11.5. The van der Waals surface area contributed by atoms with Crippen molar-refractivity contribution in [2.45, 2.75) is 32.4 Å². The smallest absolute Gasteiger partial charge is 0.146 e. The highest BCUT2D eigenvalue weighted by Gasteiger charge is 2.19. The largest absolute Gasteiger partial charge is 0.389 e. The molecule has 0 bridgehead atoms. The Balaban J connectivity index is 3.00. The first-order valence-electron chi connectivity index (χ1n) is 6.17. The SMILES string of the molecule is CSCCC(C)N(C)c1c(F)cccc1[C@@H](C)O. The van der Waals surface area contributed by atoms with Crippen LogP contribution >= 0.6 is 11.8 Å². The van der Waals surface area contributed by atoms with Crippen molar-refractivity contribution < 1.29 is 9.50 Å². The van der Waals surface area contributed by atoms with Gasteiger partial charge in [0.25, 0.3) is 0 Å². The molecular weight excluding hydrogens is 249 g/mol. The summed E-state index contributed by atoms with van der Waals surface area (Å²) < 4.78 is 14.0. The molecule has 0 aliphatic rings. The van der Waals surface area contributed by atoms with Crippen LogP contribution in [0, 0.1) is 5.82 Å². The van der Waals surface area contributed by atoms with Crippen LogP contribution in [0.25, 0.3) is 0 Å². The highest BCUT2D eigenvalue weighted by Crippen LogP contribution is 2.30. The lowest BCUT2D eigenvalue weighted by molar-refractivity contribution is 0.199. The summed E-state index contributed by atoms with van der Waals surface area (Å²) in [5.41, 5.74) is 1.16. The molecule has 0 saturated heterocycles. The summed E-state index contributed by atoms with van der Waals surface area (Å²) in [5, 5.41) is 9.74. The summed E-state index contributed by atoms with van der Waals surface area (Å²) in [5.74, 6) is 0.774. The minimum Gasteiger partial charge on any atom is -0.389 e. The zero-order chi connectivity index (χ0) is 13.7. The normalized spacial score (nSPS) is 14.3. The van der Waals surface area contributed by atoms with Crippen molar-refractivity contribution in [3.8, 4) is 0 Å². The summed E-state index contributed by atoms with van der Waals surface area (Å²) in [4.78, 5) is 1.92. The zero-order valence-corrected chi connectivity index (χ0v) is 12.3. The molecule has 1 unspecified atom stereocenters. The van der Waals surface area contributed by atoms with Gasteiger partial charge in [-0.2, -0.15) is 11.8 Å². The minimum atomic E-state index is -0.661. The molecule has 0 aliphatic carbocycles. The van der Waals surface area contributed by atoms with E-state index in [0.717, 1.165) is 12.2 Å². The van der Waals surface area contributed by atoms with Crippen LogP contribution in [0.3, 0.4) is 0 Å². The molecule has 1 N–H and O–H groups in total. The summed E-state index contributed by atoms with van der Waals surface area (Å²) in [6.07, 6.45) is 2.40. The van der Waals surface area contributed by atoms with E-state index in [4.69, 9.17) is 0 Å². The van der Waals surface area contributed by atoms with Crippen LogP contribution in [0.5, 0.6) is 0 Å². The maximum atomic E-state index is 14.0. The van der Waals surface area contributed by atoms with Crippen molar-refractivity contribution in [1.29, 1.82) is 0 Å². The molecule has 0 fully saturated rings. The lowest BCUT2D eigenvalue weighted by atomic mass is 10.1. The molecular formula is C14H22FNOS. The molecule has 18 heavy (non-hydrogen) atoms. The van der Waals surface area contributed by atoms with Crippen LogP contribution in [-0.2, 0) is 0 Å². The van der Waals surface area contributed by atoms with Gasteiger partial charge >= 0.3 is 0 Å². The van der Waals surface area contributed by atoms with Gasteiger partial charge in [0.05, 0.1) is 11.8 Å². The number of rotatable bonds is 6. The van der Waals surface area contributed by atoms with Gasteiger partial charge in [0.1, 0.15) is 5.82 Å². The number of hydrogen-bond donors (Lipinski definition) is 1. The number of thioether (sulfide) groups is 1. The predicted octanol–water partition coefficient (Wildman–Crippen LogP) is 3.46. The molecule has 2 atom stereocenters. The standard InChI is InChI=1S/C14H22FNOS/c1-10(8-9-18-4)16(3)14-12(11(2)17)6-5-7-13(14)15/h5-7,10-11,17H,8-9H2,1-4H3/t10?,11-/m1/s1. The molecule has 0 saturated carbocycles. The average Bonchev–Trinajstić information content (AvgIpc) is 2.34. The molecule has 0 spiro atoms. The van der Waals surface area contributed by atoms with Crippen LogP contribution in [0.15, 0.2) is 18.2 Å². The molecule has 102 valence electrons. The van der Waals surface area contributed by atoms with Gasteiger partial charge in [-0.05, 0) is 38.3 Å². The monoisotopic (exact) mass is 271 g/mol. The van der Waals surface area contributed by atoms with Crippen LogP contribution in [0.1, 0.15) is 31.9 Å². The number of benzene rings is 1. The second kappa shape index (κ2) is 7.00. The molecule has 0 aromatic heterocycles. The van der Waals surface area contributed by atoms with Crippen LogP contribution in [-0.4, -0.2) is 30.2 Å². The molecule has 2 nitrogen and oxygen atoms in total. The van der Waals surface area contributed by atoms with Gasteiger partial charge in [-0.3, -0.25) is 0 Å². The van der Waals surface area contributed by atoms with Gasteiger partial charge < -0.3 is 10.0 Å². The highest BCUT2D eigenvalue weighted by molar-refractivity contribution is 7.98. The summed E-state index contributed by atoms with van der Waals surface area (Å²) in [6, 6.07) is 5.10. The first kappa shape index (κ1) is 15.3. The van der Waals surface area contributed by atoms with Gasteiger partial charge in [-0.1, -0.05) is 12.1 Å². The lowest BCUT2D eigenvalue weighted by Crippen LogP contribution is -2.31. The molecule has 0 amide bonds. The lowest BCUT2D eigenvalue weighted by Gasteiger charge is -2.30. The molecule has 0 heterocycles. The molecule has 0 aliphatic heterocycles. The third-order valence-electron chi connectivity index (χ3n) is 3.22. The summed E-state index contributed by atoms with van der Waals surface area (Å²) in [7, 11) is 1.88. The quantitative estimate of drug-likeness (QED) is 0.857. The second-order valence-corrected chi connectivity index (χ2v) is 5.58. The molecule has 1 aromatic carbocycles. The maximum Gasteiger partial charge on any atom is 0.146 e. The Morgan fingerprint density at radius 2 is 2.06 bits per heavy atom. The molecule has 1 aromatic rings. The Morgan fingerprint density at radius 3 is 2.61 bits per heavy atom. The van der Waals surface area contributed by atoms with Crippen LogP contribution < -0.4 is 4.90 Å². The van der Waals surface area contributed by atoms with E-state index in [0.29, 0.717) is 11.3 Å². The van der Waals surface area contributed by atoms with Gasteiger partial charge in [0.15, 0.2) is 0 Å². The van der Waals surface area contributed by atoms with E-state index in [-0.39, 0.29) is 11.9 Å². The van der Waals surface area contributed by atoms with Gasteiger partial charge in [-0.15, -0.1) is 0 Å². The average molecular weight is 271 g/mol. The van der Waals surface area contributed by atoms with Gasteiger partial charge in [-0.25, -0.2) is 4.39 Å². The van der Waals surface area contributed by atoms with E-state index in [2.05, 4.69) is 13.2 Å². The minimum absolute atomic E-state index is 0.242. The van der Waals surface area contributed by atoms with Crippen molar-refractivity contribution in [2.24, 2.45) is 0 Å². The van der Waals surface area contributed by atoms with E-state index < -0.39 is 6.10 Å². The van der Waals surface area contributed by atoms with Gasteiger partial charge in [0, 0.05) is 18.7 Å². The Hall–Kier alpha value is -0.740. The number of anilines is 1. The fourth-order valence-corrected chi connectivity index (χ4v) is 2.52. The second-order valence-electron chi connectivity index (χ2n) is 4.60. The number of para-hydroxylation sites is 1. The molecule has 0 radical (unpaired) electrons. The first-order chi connectivity index (χ1) is 8.49. The van der Waals surface area contributed by atoms with Crippen molar-refractivity contribution in [3.05, 3.63) is 29.6 Å². The van der Waals surface area contributed by atoms with E-state index in [1.54, 1.807) is 30.8 Å². The Kier molecular flexibility index (Phi) is 5.96. The Labute approximate surface area is 113 Å². The van der Waals surface area contributed by atoms with Crippen molar-refractivity contribution in [2.75, 3.05) is 24.0 Å². The number of aliphatic hydroxyl groups is 1. The van der Waals surface area contributed by atoms with E-state index in [1.165, 1.54) is 6.07 Å². The highest BCUT2D eigenvalue weighted by atomic mass is 32.2. The van der Waals surface area contributed by atoms with Crippen molar-refractivity contribution in [3.63, 3.8) is 0 Å². The Morgan fingerprint density at radius 1 is 1.39 bits per heavy atom. The maximum absolute atomic E-state index is 14.0. The topological polar surface area (TPSA) is 23.5 Å². The van der Waals surface area contributed by atoms with Crippen molar-refractivity contribution >= 4 is 17.4 Å². The summed E-state index contributed by atoms with van der Waals surface area (Å²) in [6.45, 7) is 3.74. The van der Waals surface area contributed by atoms with E-state index >= 15 is 0 Å². The fraction of sp³-hybridized carbons (Fsp3) is 0.571.